The van der Waals surface area contributed by atoms with Gasteiger partial charge < -0.3 is 10.1 Å². The van der Waals surface area contributed by atoms with Crippen molar-refractivity contribution in [2.24, 2.45) is 0 Å². The Labute approximate surface area is 104 Å². The van der Waals surface area contributed by atoms with E-state index in [4.69, 9.17) is 16.3 Å². The van der Waals surface area contributed by atoms with Crippen LogP contribution in [-0.2, 0) is 4.74 Å². The molecule has 2 aliphatic rings. The largest absolute Gasteiger partial charge is 0.442 e. The molecule has 1 amide bonds. The maximum absolute atomic E-state index is 11.9. The lowest BCUT2D eigenvalue weighted by molar-refractivity contribution is 0.121. The third kappa shape index (κ3) is 1.77. The van der Waals surface area contributed by atoms with Gasteiger partial charge in [-0.2, -0.15) is 0 Å². The summed E-state index contributed by atoms with van der Waals surface area (Å²) in [6.07, 6.45) is 0.533. The molecule has 2 atom stereocenters. The van der Waals surface area contributed by atoms with Gasteiger partial charge >= 0.3 is 6.09 Å². The third-order valence-corrected chi connectivity index (χ3v) is 3.60. The van der Waals surface area contributed by atoms with Gasteiger partial charge in [-0.1, -0.05) is 23.7 Å². The average molecular weight is 253 g/mol. The van der Waals surface area contributed by atoms with Gasteiger partial charge in [0.15, 0.2) is 0 Å². The van der Waals surface area contributed by atoms with Gasteiger partial charge in [-0.05, 0) is 25.1 Å². The fourth-order valence-corrected chi connectivity index (χ4v) is 2.70. The highest BCUT2D eigenvalue weighted by molar-refractivity contribution is 6.33. The summed E-state index contributed by atoms with van der Waals surface area (Å²) in [4.78, 5) is 13.6. The minimum atomic E-state index is -0.295. The first-order chi connectivity index (χ1) is 8.27. The molecule has 0 radical (unpaired) electrons. The first kappa shape index (κ1) is 10.9. The topological polar surface area (TPSA) is 41.6 Å². The van der Waals surface area contributed by atoms with E-state index < -0.39 is 0 Å². The van der Waals surface area contributed by atoms with Crippen molar-refractivity contribution in [2.75, 3.05) is 18.0 Å². The van der Waals surface area contributed by atoms with Crippen molar-refractivity contribution in [1.29, 1.82) is 0 Å². The molecule has 0 spiro atoms. The van der Waals surface area contributed by atoms with Gasteiger partial charge in [0.05, 0.1) is 16.8 Å². The van der Waals surface area contributed by atoms with Crippen LogP contribution in [0.4, 0.5) is 10.5 Å². The van der Waals surface area contributed by atoms with E-state index in [0.29, 0.717) is 5.02 Å². The summed E-state index contributed by atoms with van der Waals surface area (Å²) in [7, 11) is 0. The van der Waals surface area contributed by atoms with Crippen molar-refractivity contribution in [2.45, 2.75) is 18.6 Å². The van der Waals surface area contributed by atoms with E-state index in [-0.39, 0.29) is 18.2 Å². The van der Waals surface area contributed by atoms with Crippen LogP contribution in [0.1, 0.15) is 6.42 Å². The van der Waals surface area contributed by atoms with Crippen molar-refractivity contribution >= 4 is 23.4 Å². The molecule has 2 saturated heterocycles. The van der Waals surface area contributed by atoms with Gasteiger partial charge in [-0.15, -0.1) is 0 Å². The molecule has 0 bridgehead atoms. The highest BCUT2D eigenvalue weighted by Crippen LogP contribution is 2.34. The number of halogens is 1. The van der Waals surface area contributed by atoms with Crippen LogP contribution in [0.15, 0.2) is 24.3 Å². The van der Waals surface area contributed by atoms with Gasteiger partial charge in [0, 0.05) is 6.54 Å². The number of hydrogen-bond acceptors (Lipinski definition) is 3. The molecule has 5 heteroatoms. The zero-order chi connectivity index (χ0) is 11.8. The number of nitrogens with zero attached hydrogens (tertiary/aromatic N) is 1. The molecule has 2 heterocycles. The predicted octanol–water partition coefficient (Wildman–Crippen LogP) is 2.03. The SMILES string of the molecule is O=C1OC2CNCCC2N1c1ccccc1Cl. The number of amides is 1. The minimum Gasteiger partial charge on any atom is -0.442 e. The number of piperidine rings is 1. The molecule has 2 unspecified atom stereocenters. The molecule has 3 rings (SSSR count). The first-order valence-electron chi connectivity index (χ1n) is 5.72. The second-order valence-electron chi connectivity index (χ2n) is 4.30. The highest BCUT2D eigenvalue weighted by atomic mass is 35.5. The number of benzene rings is 1. The summed E-state index contributed by atoms with van der Waals surface area (Å²) in [5, 5.41) is 3.81. The lowest BCUT2D eigenvalue weighted by atomic mass is 10.0. The van der Waals surface area contributed by atoms with Crippen LogP contribution in [0.2, 0.25) is 5.02 Å². The molecule has 0 aliphatic carbocycles. The molecule has 0 aromatic heterocycles. The number of nitrogens with one attached hydrogen (secondary N) is 1. The van der Waals surface area contributed by atoms with Crippen molar-refractivity contribution in [3.63, 3.8) is 0 Å². The van der Waals surface area contributed by atoms with Crippen LogP contribution < -0.4 is 10.2 Å². The summed E-state index contributed by atoms with van der Waals surface area (Å²) >= 11 is 6.14. The Morgan fingerprint density at radius 1 is 1.41 bits per heavy atom. The molecular weight excluding hydrogens is 240 g/mol. The Morgan fingerprint density at radius 2 is 2.24 bits per heavy atom. The number of anilines is 1. The highest BCUT2D eigenvalue weighted by Gasteiger charge is 2.44. The fraction of sp³-hybridized carbons (Fsp3) is 0.417. The number of para-hydroxylation sites is 1. The zero-order valence-corrected chi connectivity index (χ0v) is 9.98. The summed E-state index contributed by atoms with van der Waals surface area (Å²) in [6.45, 7) is 1.62. The molecule has 90 valence electrons. The normalized spacial score (nSPS) is 27.8. The molecule has 4 nitrogen and oxygen atoms in total. The van der Waals surface area contributed by atoms with E-state index in [1.807, 2.05) is 18.2 Å². The van der Waals surface area contributed by atoms with E-state index in [1.54, 1.807) is 11.0 Å². The van der Waals surface area contributed by atoms with E-state index >= 15 is 0 Å². The van der Waals surface area contributed by atoms with Crippen molar-refractivity contribution < 1.29 is 9.53 Å². The molecule has 1 aromatic carbocycles. The average Bonchev–Trinajstić information content (AvgIpc) is 2.66. The Hall–Kier alpha value is -1.26. The minimum absolute atomic E-state index is 0.0625. The zero-order valence-electron chi connectivity index (χ0n) is 9.23. The van der Waals surface area contributed by atoms with Crippen LogP contribution in [0, 0.1) is 0 Å². The van der Waals surface area contributed by atoms with Crippen LogP contribution >= 0.6 is 11.6 Å². The standard InChI is InChI=1S/C12H13ClN2O2/c13-8-3-1-2-4-9(8)15-10-5-6-14-7-11(10)17-12(15)16/h1-4,10-11,14H,5-7H2. The maximum Gasteiger partial charge on any atom is 0.415 e. The van der Waals surface area contributed by atoms with Gasteiger partial charge in [-0.3, -0.25) is 4.90 Å². The summed E-state index contributed by atoms with van der Waals surface area (Å²) in [6, 6.07) is 7.48. The van der Waals surface area contributed by atoms with Crippen LogP contribution in [0.5, 0.6) is 0 Å². The quantitative estimate of drug-likeness (QED) is 0.832. The maximum atomic E-state index is 11.9. The molecule has 2 aliphatic heterocycles. The Balaban J connectivity index is 1.96. The predicted molar refractivity (Wildman–Crippen MR) is 65.5 cm³/mol. The molecule has 0 saturated carbocycles. The monoisotopic (exact) mass is 252 g/mol. The molecule has 1 aromatic rings. The van der Waals surface area contributed by atoms with Crippen molar-refractivity contribution in [3.05, 3.63) is 29.3 Å². The van der Waals surface area contributed by atoms with E-state index in [9.17, 15) is 4.79 Å². The Bertz CT molecular complexity index is 452. The van der Waals surface area contributed by atoms with Crippen LogP contribution in [-0.4, -0.2) is 31.3 Å². The lowest BCUT2D eigenvalue weighted by Gasteiger charge is -2.28. The van der Waals surface area contributed by atoms with Gasteiger partial charge in [0.25, 0.3) is 0 Å². The molecular formula is C12H13ClN2O2. The smallest absolute Gasteiger partial charge is 0.415 e. The van der Waals surface area contributed by atoms with Crippen LogP contribution in [0.25, 0.3) is 0 Å². The third-order valence-electron chi connectivity index (χ3n) is 3.28. The Kier molecular flexibility index (Phi) is 2.68. The van der Waals surface area contributed by atoms with E-state index in [0.717, 1.165) is 25.2 Å². The first-order valence-corrected chi connectivity index (χ1v) is 6.10. The molecule has 2 fully saturated rings. The number of hydrogen-bond donors (Lipinski definition) is 1. The summed E-state index contributed by atoms with van der Waals surface area (Å²) < 4.78 is 5.35. The van der Waals surface area contributed by atoms with Crippen molar-refractivity contribution in [3.8, 4) is 0 Å². The fourth-order valence-electron chi connectivity index (χ4n) is 2.48. The summed E-state index contributed by atoms with van der Waals surface area (Å²) in [5.41, 5.74) is 0.744. The second kappa shape index (κ2) is 4.20. The second-order valence-corrected chi connectivity index (χ2v) is 4.71. The van der Waals surface area contributed by atoms with Gasteiger partial charge in [0.1, 0.15) is 6.10 Å². The summed E-state index contributed by atoms with van der Waals surface area (Å²) in [5.74, 6) is 0. The molecule has 1 N–H and O–H groups in total. The number of ether oxygens (including phenoxy) is 1. The number of rotatable bonds is 1. The lowest BCUT2D eigenvalue weighted by Crippen LogP contribution is -2.47. The van der Waals surface area contributed by atoms with E-state index in [2.05, 4.69) is 5.32 Å². The van der Waals surface area contributed by atoms with Gasteiger partial charge in [-0.25, -0.2) is 4.79 Å². The van der Waals surface area contributed by atoms with E-state index in [1.165, 1.54) is 0 Å². The number of carbonyl (C=O) groups excluding carboxylic acids is 1. The Morgan fingerprint density at radius 3 is 3.06 bits per heavy atom. The van der Waals surface area contributed by atoms with Crippen molar-refractivity contribution in [1.82, 2.24) is 5.32 Å². The number of fused-ring (bicyclic) bond motifs is 1. The van der Waals surface area contributed by atoms with Crippen LogP contribution in [0.3, 0.4) is 0 Å². The molecule has 17 heavy (non-hydrogen) atoms. The van der Waals surface area contributed by atoms with Gasteiger partial charge in [0.2, 0.25) is 0 Å². The number of carbonyl (C=O) groups is 1.